The fraction of sp³-hybridized carbons (Fsp3) is 0.182. The van der Waals surface area contributed by atoms with Crippen LogP contribution >= 0.6 is 39.3 Å². The first-order chi connectivity index (χ1) is 15.0. The lowest BCUT2D eigenvalue weighted by molar-refractivity contribution is -0.120. The van der Waals surface area contributed by atoms with Crippen LogP contribution in [0.15, 0.2) is 75.9 Å². The van der Waals surface area contributed by atoms with Crippen LogP contribution in [0.2, 0.25) is 5.02 Å². The molecule has 0 spiro atoms. The van der Waals surface area contributed by atoms with E-state index in [4.69, 9.17) is 16.7 Å². The first kappa shape index (κ1) is 21.8. The topological polar surface area (TPSA) is 72.2 Å². The summed E-state index contributed by atoms with van der Waals surface area (Å²) in [5.74, 6) is 0.674. The largest absolute Gasteiger partial charge is 0.353 e. The molecule has 0 bridgehead atoms. The Labute approximate surface area is 197 Å². The monoisotopic (exact) mass is 515 g/mol. The third kappa shape index (κ3) is 5.26. The summed E-state index contributed by atoms with van der Waals surface area (Å²) < 4.78 is 2.80. The van der Waals surface area contributed by atoms with Crippen molar-refractivity contribution in [3.05, 3.63) is 87.6 Å². The van der Waals surface area contributed by atoms with Crippen molar-refractivity contribution in [1.82, 2.24) is 20.2 Å². The van der Waals surface area contributed by atoms with Crippen LogP contribution in [0.1, 0.15) is 23.4 Å². The first-order valence-electron chi connectivity index (χ1n) is 9.61. The van der Waals surface area contributed by atoms with E-state index in [1.54, 1.807) is 10.8 Å². The number of hydrogen-bond donors (Lipinski definition) is 1. The van der Waals surface area contributed by atoms with E-state index in [1.165, 1.54) is 11.8 Å². The van der Waals surface area contributed by atoms with Gasteiger partial charge in [-0.3, -0.25) is 4.79 Å². The zero-order chi connectivity index (χ0) is 21.8. The first-order valence-corrected chi connectivity index (χ1v) is 11.7. The van der Waals surface area contributed by atoms with Crippen LogP contribution in [-0.4, -0.2) is 38.3 Å². The molecule has 4 rings (SSSR count). The van der Waals surface area contributed by atoms with Gasteiger partial charge in [0.25, 0.3) is 0 Å². The van der Waals surface area contributed by atoms with Gasteiger partial charge in [0.15, 0.2) is 5.82 Å². The molecule has 9 heteroatoms. The quantitative estimate of drug-likeness (QED) is 0.462. The van der Waals surface area contributed by atoms with Gasteiger partial charge in [0.05, 0.1) is 11.0 Å². The van der Waals surface area contributed by atoms with Crippen molar-refractivity contribution in [3.8, 4) is 0 Å². The van der Waals surface area contributed by atoms with Gasteiger partial charge in [-0.1, -0.05) is 69.6 Å². The summed E-state index contributed by atoms with van der Waals surface area (Å²) in [6.07, 6.45) is 2.53. The van der Waals surface area contributed by atoms with Crippen molar-refractivity contribution in [2.45, 2.75) is 23.2 Å². The molecule has 1 aromatic heterocycles. The molecule has 158 valence electrons. The van der Waals surface area contributed by atoms with Gasteiger partial charge in [-0.15, -0.1) is 16.8 Å². The van der Waals surface area contributed by atoms with Gasteiger partial charge < -0.3 is 5.32 Å². The Morgan fingerprint density at radius 2 is 1.94 bits per heavy atom. The molecule has 0 aliphatic carbocycles. The molecule has 0 saturated carbocycles. The van der Waals surface area contributed by atoms with Crippen LogP contribution in [0.25, 0.3) is 0 Å². The van der Waals surface area contributed by atoms with Crippen LogP contribution < -0.4 is 5.32 Å². The average Bonchev–Trinajstić information content (AvgIpc) is 3.15. The van der Waals surface area contributed by atoms with Crippen LogP contribution in [0, 0.1) is 0 Å². The number of thioether (sulfide) groups is 1. The maximum atomic E-state index is 12.4. The standard InChI is InChI=1S/C22H19BrClN5OS/c1-2-11-25-20(30)13-18-21(15-5-9-17(24)10-6-15)28-29-19(26-27-22(29)31-18)12-14-3-7-16(23)8-4-14/h2-10,18H,1,11-13H2,(H,25,30). The number of nitrogens with zero attached hydrogens (tertiary/aromatic N) is 4. The van der Waals surface area contributed by atoms with Crippen molar-refractivity contribution in [2.24, 2.45) is 5.10 Å². The minimum Gasteiger partial charge on any atom is -0.353 e. The molecule has 31 heavy (non-hydrogen) atoms. The van der Waals surface area contributed by atoms with Gasteiger partial charge >= 0.3 is 0 Å². The van der Waals surface area contributed by atoms with Crippen LogP contribution in [0.4, 0.5) is 0 Å². The number of fused-ring (bicyclic) bond motifs is 1. The highest BCUT2D eigenvalue weighted by Gasteiger charge is 2.30. The Kier molecular flexibility index (Phi) is 6.89. The number of amides is 1. The number of hydrogen-bond acceptors (Lipinski definition) is 5. The molecule has 3 aromatic rings. The highest BCUT2D eigenvalue weighted by Crippen LogP contribution is 2.33. The molecule has 1 unspecified atom stereocenters. The van der Waals surface area contributed by atoms with Gasteiger partial charge in [0.1, 0.15) is 0 Å². The lowest BCUT2D eigenvalue weighted by Crippen LogP contribution is -2.32. The molecule has 1 N–H and O–H groups in total. The fourth-order valence-corrected chi connectivity index (χ4v) is 4.66. The highest BCUT2D eigenvalue weighted by molar-refractivity contribution is 9.10. The number of carbonyl (C=O) groups is 1. The molecule has 0 fully saturated rings. The predicted octanol–water partition coefficient (Wildman–Crippen LogP) is 4.70. The van der Waals surface area contributed by atoms with Crippen molar-refractivity contribution in [3.63, 3.8) is 0 Å². The summed E-state index contributed by atoms with van der Waals surface area (Å²) >= 11 is 11.0. The van der Waals surface area contributed by atoms with Crippen molar-refractivity contribution in [1.29, 1.82) is 0 Å². The molecule has 0 saturated heterocycles. The fourth-order valence-electron chi connectivity index (χ4n) is 3.15. The summed E-state index contributed by atoms with van der Waals surface area (Å²) in [7, 11) is 0. The molecular formula is C22H19BrClN5OS. The van der Waals surface area contributed by atoms with Crippen molar-refractivity contribution in [2.75, 3.05) is 6.54 Å². The molecule has 1 aliphatic heterocycles. The van der Waals surface area contributed by atoms with E-state index in [0.717, 1.165) is 27.1 Å². The maximum absolute atomic E-state index is 12.4. The molecule has 0 radical (unpaired) electrons. The number of halogens is 2. The number of carbonyl (C=O) groups excluding carboxylic acids is 1. The lowest BCUT2D eigenvalue weighted by atomic mass is 10.0. The van der Waals surface area contributed by atoms with Gasteiger partial charge in [-0.05, 0) is 35.4 Å². The number of benzene rings is 2. The zero-order valence-electron chi connectivity index (χ0n) is 16.5. The molecule has 1 amide bonds. The van der Waals surface area contributed by atoms with E-state index in [2.05, 4.69) is 38.0 Å². The average molecular weight is 517 g/mol. The highest BCUT2D eigenvalue weighted by atomic mass is 79.9. The Morgan fingerprint density at radius 1 is 1.19 bits per heavy atom. The number of rotatable bonds is 7. The van der Waals surface area contributed by atoms with E-state index < -0.39 is 0 Å². The smallest absolute Gasteiger partial charge is 0.221 e. The van der Waals surface area contributed by atoms with Crippen molar-refractivity contribution < 1.29 is 4.79 Å². The molecule has 2 heterocycles. The third-order valence-electron chi connectivity index (χ3n) is 4.67. The summed E-state index contributed by atoms with van der Waals surface area (Å²) in [6, 6.07) is 15.6. The van der Waals surface area contributed by atoms with Crippen LogP contribution in [0.5, 0.6) is 0 Å². The summed E-state index contributed by atoms with van der Waals surface area (Å²) in [6.45, 7) is 4.07. The normalized spacial score (nSPS) is 15.2. The van der Waals surface area contributed by atoms with Crippen LogP contribution in [-0.2, 0) is 11.2 Å². The third-order valence-corrected chi connectivity index (χ3v) is 6.59. The Hall–Kier alpha value is -2.42. The lowest BCUT2D eigenvalue weighted by Gasteiger charge is -2.23. The Morgan fingerprint density at radius 3 is 2.65 bits per heavy atom. The van der Waals surface area contributed by atoms with Gasteiger partial charge in [-0.2, -0.15) is 9.78 Å². The summed E-state index contributed by atoms with van der Waals surface area (Å²) in [5.41, 5.74) is 2.81. The second-order valence-corrected chi connectivity index (χ2v) is 9.43. The predicted molar refractivity (Wildman–Crippen MR) is 128 cm³/mol. The molecule has 1 atom stereocenters. The molecular weight excluding hydrogens is 498 g/mol. The summed E-state index contributed by atoms with van der Waals surface area (Å²) in [5, 5.41) is 17.5. The second-order valence-electron chi connectivity index (χ2n) is 6.91. The van der Waals surface area contributed by atoms with E-state index in [9.17, 15) is 4.79 Å². The van der Waals surface area contributed by atoms with Crippen LogP contribution in [0.3, 0.4) is 0 Å². The van der Waals surface area contributed by atoms with E-state index in [0.29, 0.717) is 23.1 Å². The summed E-state index contributed by atoms with van der Waals surface area (Å²) in [4.78, 5) is 12.4. The minimum absolute atomic E-state index is 0.0675. The van der Waals surface area contributed by atoms with E-state index >= 15 is 0 Å². The Balaban J connectivity index is 1.66. The van der Waals surface area contributed by atoms with E-state index in [1.807, 2.05) is 48.5 Å². The minimum atomic E-state index is -0.191. The van der Waals surface area contributed by atoms with E-state index in [-0.39, 0.29) is 17.6 Å². The Bertz CT molecular complexity index is 1130. The van der Waals surface area contributed by atoms with Gasteiger partial charge in [0.2, 0.25) is 11.1 Å². The second kappa shape index (κ2) is 9.80. The molecule has 6 nitrogen and oxygen atoms in total. The molecule has 1 aliphatic rings. The number of nitrogens with one attached hydrogen (secondary N) is 1. The SMILES string of the molecule is C=CCNC(=O)CC1Sc2nnc(Cc3ccc(Br)cc3)n2N=C1c1ccc(Cl)cc1. The van der Waals surface area contributed by atoms with Gasteiger partial charge in [0, 0.05) is 28.9 Å². The molecule has 2 aromatic carbocycles. The van der Waals surface area contributed by atoms with Gasteiger partial charge in [-0.25, -0.2) is 0 Å². The van der Waals surface area contributed by atoms with Crippen molar-refractivity contribution >= 4 is 50.9 Å². The maximum Gasteiger partial charge on any atom is 0.221 e. The number of aromatic nitrogens is 3. The zero-order valence-corrected chi connectivity index (χ0v) is 19.6.